The predicted molar refractivity (Wildman–Crippen MR) is 114 cm³/mol. The first kappa shape index (κ1) is 21.4. The second kappa shape index (κ2) is 9.00. The van der Waals surface area contributed by atoms with Crippen molar-refractivity contribution >= 4 is 39.5 Å². The summed E-state index contributed by atoms with van der Waals surface area (Å²) in [6.45, 7) is 1.64. The number of esters is 1. The van der Waals surface area contributed by atoms with Crippen molar-refractivity contribution in [3.05, 3.63) is 69.3 Å². The average Bonchev–Trinajstić information content (AvgIpc) is 2.72. The largest absolute Gasteiger partial charge is 0.496 e. The monoisotopic (exact) mass is 473 g/mol. The number of halogens is 1. The number of methoxy groups -OCH3 is 2. The van der Waals surface area contributed by atoms with Crippen LogP contribution in [0, 0.1) is 0 Å². The number of allylic oxidation sites excluding steroid dienone is 1. The third-order valence-electron chi connectivity index (χ3n) is 4.60. The van der Waals surface area contributed by atoms with Crippen molar-refractivity contribution in [2.24, 2.45) is 0 Å². The van der Waals surface area contributed by atoms with E-state index in [4.69, 9.17) is 9.47 Å². The van der Waals surface area contributed by atoms with Crippen LogP contribution in [-0.2, 0) is 9.53 Å². The van der Waals surface area contributed by atoms with Gasteiger partial charge in [0.25, 0.3) is 5.91 Å². The van der Waals surface area contributed by atoms with Crippen molar-refractivity contribution in [1.29, 1.82) is 0 Å². The number of ether oxygens (including phenoxy) is 2. The molecule has 3 amide bonds. The van der Waals surface area contributed by atoms with Crippen LogP contribution in [0.25, 0.3) is 0 Å². The summed E-state index contributed by atoms with van der Waals surface area (Å²) in [4.78, 5) is 37.4. The van der Waals surface area contributed by atoms with Gasteiger partial charge in [0.15, 0.2) is 0 Å². The number of para-hydroxylation sites is 1. The Hall–Kier alpha value is -3.33. The Morgan fingerprint density at radius 2 is 1.87 bits per heavy atom. The number of hydrogen-bond donors (Lipinski definition) is 3. The van der Waals surface area contributed by atoms with E-state index >= 15 is 0 Å². The van der Waals surface area contributed by atoms with E-state index in [2.05, 4.69) is 31.9 Å². The lowest BCUT2D eigenvalue weighted by Crippen LogP contribution is -2.46. The molecule has 0 radical (unpaired) electrons. The summed E-state index contributed by atoms with van der Waals surface area (Å²) in [7, 11) is 2.78. The number of rotatable bonds is 5. The maximum atomic E-state index is 13.3. The molecule has 0 aromatic heterocycles. The Morgan fingerprint density at radius 3 is 2.57 bits per heavy atom. The van der Waals surface area contributed by atoms with Gasteiger partial charge in [-0.2, -0.15) is 0 Å². The molecule has 8 nitrogen and oxygen atoms in total. The SMILES string of the molecule is COC(=O)c1ccccc1NC(=O)C1=C(C)NC(=O)N[C@H]1c1cc(Br)ccc1OC. The van der Waals surface area contributed by atoms with E-state index in [1.807, 2.05) is 0 Å². The van der Waals surface area contributed by atoms with Crippen molar-refractivity contribution in [2.45, 2.75) is 13.0 Å². The third kappa shape index (κ3) is 4.30. The topological polar surface area (TPSA) is 106 Å². The van der Waals surface area contributed by atoms with Crippen LogP contribution in [0.4, 0.5) is 10.5 Å². The van der Waals surface area contributed by atoms with Crippen LogP contribution >= 0.6 is 15.9 Å². The minimum absolute atomic E-state index is 0.219. The Bertz CT molecular complexity index is 1050. The summed E-state index contributed by atoms with van der Waals surface area (Å²) in [6, 6.07) is 10.6. The van der Waals surface area contributed by atoms with E-state index in [0.717, 1.165) is 4.47 Å². The zero-order valence-corrected chi connectivity index (χ0v) is 18.1. The predicted octanol–water partition coefficient (Wildman–Crippen LogP) is 3.51. The van der Waals surface area contributed by atoms with E-state index in [-0.39, 0.29) is 11.1 Å². The lowest BCUT2D eigenvalue weighted by molar-refractivity contribution is -0.113. The number of amides is 3. The van der Waals surface area contributed by atoms with Gasteiger partial charge in [-0.15, -0.1) is 0 Å². The van der Waals surface area contributed by atoms with Crippen LogP contribution < -0.4 is 20.7 Å². The average molecular weight is 474 g/mol. The first-order valence-corrected chi connectivity index (χ1v) is 9.75. The van der Waals surface area contributed by atoms with Crippen molar-refractivity contribution < 1.29 is 23.9 Å². The summed E-state index contributed by atoms with van der Waals surface area (Å²) in [5.41, 5.74) is 1.79. The molecule has 0 fully saturated rings. The molecular weight excluding hydrogens is 454 g/mol. The fraction of sp³-hybridized carbons (Fsp3) is 0.190. The molecule has 0 saturated heterocycles. The van der Waals surface area contributed by atoms with E-state index in [0.29, 0.717) is 22.7 Å². The van der Waals surface area contributed by atoms with Gasteiger partial charge in [-0.3, -0.25) is 4.79 Å². The van der Waals surface area contributed by atoms with Crippen LogP contribution in [0.3, 0.4) is 0 Å². The number of nitrogens with one attached hydrogen (secondary N) is 3. The normalized spacial score (nSPS) is 15.7. The maximum absolute atomic E-state index is 13.3. The molecule has 1 aliphatic rings. The lowest BCUT2D eigenvalue weighted by Gasteiger charge is -2.29. The molecule has 1 heterocycles. The van der Waals surface area contributed by atoms with Gasteiger partial charge in [0, 0.05) is 15.7 Å². The molecule has 0 aliphatic carbocycles. The fourth-order valence-electron chi connectivity index (χ4n) is 3.23. The zero-order chi connectivity index (χ0) is 21.8. The molecule has 1 atom stereocenters. The van der Waals surface area contributed by atoms with Crippen LogP contribution in [-0.4, -0.2) is 32.1 Å². The van der Waals surface area contributed by atoms with Crippen molar-refractivity contribution in [1.82, 2.24) is 10.6 Å². The van der Waals surface area contributed by atoms with Gasteiger partial charge in [-0.05, 0) is 37.3 Å². The first-order valence-electron chi connectivity index (χ1n) is 8.96. The quantitative estimate of drug-likeness (QED) is 0.576. The van der Waals surface area contributed by atoms with E-state index in [1.54, 1.807) is 49.4 Å². The Labute approximate surface area is 181 Å². The number of urea groups is 1. The summed E-state index contributed by atoms with van der Waals surface area (Å²) in [5.74, 6) is -0.543. The van der Waals surface area contributed by atoms with Crippen LogP contribution in [0.15, 0.2) is 58.2 Å². The molecule has 2 aromatic carbocycles. The Kier molecular flexibility index (Phi) is 6.41. The van der Waals surface area contributed by atoms with Crippen LogP contribution in [0.2, 0.25) is 0 Å². The molecule has 0 spiro atoms. The number of benzene rings is 2. The second-order valence-corrected chi connectivity index (χ2v) is 7.36. The van der Waals surface area contributed by atoms with E-state index in [9.17, 15) is 14.4 Å². The van der Waals surface area contributed by atoms with Gasteiger partial charge in [0.2, 0.25) is 0 Å². The van der Waals surface area contributed by atoms with Gasteiger partial charge in [0.1, 0.15) is 5.75 Å². The highest BCUT2D eigenvalue weighted by molar-refractivity contribution is 9.10. The van der Waals surface area contributed by atoms with Crippen molar-refractivity contribution in [3.63, 3.8) is 0 Å². The zero-order valence-electron chi connectivity index (χ0n) is 16.5. The number of anilines is 1. The Morgan fingerprint density at radius 1 is 1.13 bits per heavy atom. The van der Waals surface area contributed by atoms with E-state index < -0.39 is 23.9 Å². The third-order valence-corrected chi connectivity index (χ3v) is 5.09. The lowest BCUT2D eigenvalue weighted by atomic mass is 9.94. The summed E-state index contributed by atoms with van der Waals surface area (Å²) in [6.07, 6.45) is 0. The number of carbonyl (C=O) groups is 3. The molecule has 2 aromatic rings. The van der Waals surface area contributed by atoms with Crippen LogP contribution in [0.1, 0.15) is 28.9 Å². The molecule has 3 rings (SSSR count). The highest BCUT2D eigenvalue weighted by atomic mass is 79.9. The fourth-order valence-corrected chi connectivity index (χ4v) is 3.61. The summed E-state index contributed by atoms with van der Waals surface area (Å²) >= 11 is 3.41. The highest BCUT2D eigenvalue weighted by Crippen LogP contribution is 2.35. The standard InChI is InChI=1S/C21H20BrN3O5/c1-11-17(19(26)24-15-7-5-4-6-13(15)20(27)30-3)18(25-21(28)23-11)14-10-12(22)8-9-16(14)29-2/h4-10,18H,1-3H3,(H,24,26)(H2,23,25,28)/t18-/m0/s1. The number of carbonyl (C=O) groups excluding carboxylic acids is 3. The molecular formula is C21H20BrN3O5. The summed E-state index contributed by atoms with van der Waals surface area (Å²) < 4.78 is 11.0. The van der Waals surface area contributed by atoms with Crippen LogP contribution in [0.5, 0.6) is 5.75 Å². The molecule has 0 bridgehead atoms. The van der Waals surface area contributed by atoms with Gasteiger partial charge < -0.3 is 25.4 Å². The van der Waals surface area contributed by atoms with Gasteiger partial charge in [0.05, 0.1) is 37.1 Å². The second-order valence-electron chi connectivity index (χ2n) is 6.45. The summed E-state index contributed by atoms with van der Waals surface area (Å²) in [5, 5.41) is 8.14. The molecule has 9 heteroatoms. The molecule has 30 heavy (non-hydrogen) atoms. The molecule has 3 N–H and O–H groups in total. The van der Waals surface area contributed by atoms with E-state index in [1.165, 1.54) is 14.2 Å². The minimum Gasteiger partial charge on any atom is -0.496 e. The van der Waals surface area contributed by atoms with Gasteiger partial charge >= 0.3 is 12.0 Å². The van der Waals surface area contributed by atoms with Gasteiger partial charge in [-0.1, -0.05) is 28.1 Å². The van der Waals surface area contributed by atoms with Crippen molar-refractivity contribution in [2.75, 3.05) is 19.5 Å². The first-order chi connectivity index (χ1) is 14.3. The molecule has 0 saturated carbocycles. The van der Waals surface area contributed by atoms with Gasteiger partial charge in [-0.25, -0.2) is 9.59 Å². The number of hydrogen-bond acceptors (Lipinski definition) is 5. The molecule has 1 aliphatic heterocycles. The Balaban J connectivity index is 2.03. The molecule has 0 unspecified atom stereocenters. The van der Waals surface area contributed by atoms with Crippen molar-refractivity contribution in [3.8, 4) is 5.75 Å². The maximum Gasteiger partial charge on any atom is 0.339 e. The molecule has 156 valence electrons. The smallest absolute Gasteiger partial charge is 0.339 e. The minimum atomic E-state index is -0.767. The highest BCUT2D eigenvalue weighted by Gasteiger charge is 2.33.